The molecule has 0 saturated heterocycles. The smallest absolute Gasteiger partial charge is 0.302 e. The summed E-state index contributed by atoms with van der Waals surface area (Å²) in [6, 6.07) is 4.13. The van der Waals surface area contributed by atoms with Gasteiger partial charge in [0.05, 0.1) is 0 Å². The summed E-state index contributed by atoms with van der Waals surface area (Å²) < 4.78 is 5.04. The predicted octanol–water partition coefficient (Wildman–Crippen LogP) is 4.64. The summed E-state index contributed by atoms with van der Waals surface area (Å²) in [4.78, 5) is 14.9. The van der Waals surface area contributed by atoms with Crippen LogP contribution in [0.25, 0.3) is 0 Å². The van der Waals surface area contributed by atoms with Gasteiger partial charge in [-0.1, -0.05) is 36.8 Å². The molecule has 1 aromatic rings. The van der Waals surface area contributed by atoms with Gasteiger partial charge < -0.3 is 4.74 Å². The molecule has 3 heteroatoms. The predicted molar refractivity (Wildman–Crippen MR) is 90.5 cm³/mol. The molecular formula is C19H27NO2. The largest absolute Gasteiger partial charge is 0.463 e. The van der Waals surface area contributed by atoms with Gasteiger partial charge in [-0.15, -0.1) is 0 Å². The lowest BCUT2D eigenvalue weighted by Crippen LogP contribution is -2.10. The number of rotatable bonds is 10. The van der Waals surface area contributed by atoms with E-state index in [1.807, 2.05) is 37.5 Å². The molecule has 0 radical (unpaired) electrons. The standard InChI is InChI=1S/C19H27NO2/c1-17(22-18(2)21)12-9-7-5-3-4-6-8-10-13-19-14-11-15-20-16-19/h3,5,7,9,11,14-17H,4,6,8,10,12-13H2,1-2H3/b5-3+,9-7+/t17-/m0/s1. The SMILES string of the molecule is CC(=O)O[C@@H](C)C/C=C/C=C/CCCCCc1cccnc1. The molecule has 120 valence electrons. The van der Waals surface area contributed by atoms with Gasteiger partial charge >= 0.3 is 5.97 Å². The first-order valence-corrected chi connectivity index (χ1v) is 8.06. The summed E-state index contributed by atoms with van der Waals surface area (Å²) in [5.74, 6) is -0.220. The van der Waals surface area contributed by atoms with Crippen LogP contribution in [-0.4, -0.2) is 17.1 Å². The number of nitrogens with zero attached hydrogens (tertiary/aromatic N) is 1. The van der Waals surface area contributed by atoms with Gasteiger partial charge in [0, 0.05) is 25.7 Å². The van der Waals surface area contributed by atoms with Gasteiger partial charge in [-0.05, 0) is 44.2 Å². The molecule has 0 aliphatic carbocycles. The minimum Gasteiger partial charge on any atom is -0.463 e. The number of esters is 1. The Bertz CT molecular complexity index is 466. The van der Waals surface area contributed by atoms with E-state index in [-0.39, 0.29) is 12.1 Å². The number of unbranched alkanes of at least 4 members (excludes halogenated alkanes) is 3. The van der Waals surface area contributed by atoms with Crippen LogP contribution in [0.2, 0.25) is 0 Å². The summed E-state index contributed by atoms with van der Waals surface area (Å²) >= 11 is 0. The Morgan fingerprint density at radius 3 is 2.82 bits per heavy atom. The Morgan fingerprint density at radius 2 is 2.09 bits per heavy atom. The van der Waals surface area contributed by atoms with E-state index in [0.29, 0.717) is 0 Å². The zero-order valence-corrected chi connectivity index (χ0v) is 13.7. The number of pyridine rings is 1. The van der Waals surface area contributed by atoms with E-state index < -0.39 is 0 Å². The van der Waals surface area contributed by atoms with Crippen molar-refractivity contribution in [3.8, 4) is 0 Å². The lowest BCUT2D eigenvalue weighted by molar-refractivity contribution is -0.145. The van der Waals surface area contributed by atoms with Crippen LogP contribution in [0.5, 0.6) is 0 Å². The van der Waals surface area contributed by atoms with E-state index in [1.165, 1.54) is 31.7 Å². The topological polar surface area (TPSA) is 39.2 Å². The third-order valence-corrected chi connectivity index (χ3v) is 3.28. The molecule has 1 rings (SSSR count). The van der Waals surface area contributed by atoms with Crippen LogP contribution in [0.3, 0.4) is 0 Å². The zero-order chi connectivity index (χ0) is 16.0. The van der Waals surface area contributed by atoms with Crippen molar-refractivity contribution < 1.29 is 9.53 Å². The van der Waals surface area contributed by atoms with E-state index >= 15 is 0 Å². The second-order valence-electron chi connectivity index (χ2n) is 5.47. The average molecular weight is 301 g/mol. The lowest BCUT2D eigenvalue weighted by Gasteiger charge is -2.07. The van der Waals surface area contributed by atoms with Crippen molar-refractivity contribution in [3.63, 3.8) is 0 Å². The Kier molecular flexibility index (Phi) is 9.67. The van der Waals surface area contributed by atoms with E-state index in [4.69, 9.17) is 4.74 Å². The number of hydrogen-bond donors (Lipinski definition) is 0. The molecule has 0 saturated carbocycles. The van der Waals surface area contributed by atoms with E-state index in [1.54, 1.807) is 0 Å². The summed E-state index contributed by atoms with van der Waals surface area (Å²) in [5, 5.41) is 0. The third-order valence-electron chi connectivity index (χ3n) is 3.28. The maximum absolute atomic E-state index is 10.7. The molecule has 0 amide bonds. The molecule has 0 aliphatic heterocycles. The number of aromatic nitrogens is 1. The second kappa shape index (κ2) is 11.7. The van der Waals surface area contributed by atoms with Crippen LogP contribution in [0.15, 0.2) is 48.8 Å². The van der Waals surface area contributed by atoms with Crippen molar-refractivity contribution in [3.05, 3.63) is 54.4 Å². The number of ether oxygens (including phenoxy) is 1. The van der Waals surface area contributed by atoms with Gasteiger partial charge in [-0.25, -0.2) is 0 Å². The molecule has 0 unspecified atom stereocenters. The molecule has 0 aliphatic rings. The summed E-state index contributed by atoms with van der Waals surface area (Å²) in [6.45, 7) is 3.34. The number of allylic oxidation sites excluding steroid dienone is 3. The zero-order valence-electron chi connectivity index (χ0n) is 13.7. The molecule has 0 N–H and O–H groups in total. The van der Waals surface area contributed by atoms with Gasteiger partial charge in [0.15, 0.2) is 0 Å². The van der Waals surface area contributed by atoms with Crippen molar-refractivity contribution in [2.45, 2.75) is 58.5 Å². The van der Waals surface area contributed by atoms with Crippen LogP contribution in [0.4, 0.5) is 0 Å². The van der Waals surface area contributed by atoms with Crippen LogP contribution >= 0.6 is 0 Å². The van der Waals surface area contributed by atoms with E-state index in [9.17, 15) is 4.79 Å². The highest BCUT2D eigenvalue weighted by Crippen LogP contribution is 2.07. The monoisotopic (exact) mass is 301 g/mol. The highest BCUT2D eigenvalue weighted by Gasteiger charge is 2.01. The van der Waals surface area contributed by atoms with Crippen molar-refractivity contribution in [2.75, 3.05) is 0 Å². The van der Waals surface area contributed by atoms with Crippen LogP contribution in [0, 0.1) is 0 Å². The Balaban J connectivity index is 1.99. The minimum atomic E-state index is -0.220. The molecule has 0 fully saturated rings. The van der Waals surface area contributed by atoms with Crippen LogP contribution < -0.4 is 0 Å². The van der Waals surface area contributed by atoms with Crippen molar-refractivity contribution in [1.29, 1.82) is 0 Å². The van der Waals surface area contributed by atoms with Crippen LogP contribution in [-0.2, 0) is 16.0 Å². The third kappa shape index (κ3) is 9.92. The van der Waals surface area contributed by atoms with Crippen LogP contribution in [0.1, 0.15) is 51.5 Å². The minimum absolute atomic E-state index is 0.0466. The van der Waals surface area contributed by atoms with E-state index in [2.05, 4.69) is 23.2 Å². The molecule has 0 bridgehead atoms. The highest BCUT2D eigenvalue weighted by atomic mass is 16.5. The first-order valence-electron chi connectivity index (χ1n) is 8.06. The molecule has 0 spiro atoms. The second-order valence-corrected chi connectivity index (χ2v) is 5.47. The first-order chi connectivity index (χ1) is 10.7. The molecule has 0 aromatic carbocycles. The molecule has 22 heavy (non-hydrogen) atoms. The number of aryl methyl sites for hydroxylation is 1. The summed E-state index contributed by atoms with van der Waals surface area (Å²) in [6.07, 6.45) is 18.7. The maximum atomic E-state index is 10.7. The van der Waals surface area contributed by atoms with Crippen molar-refractivity contribution >= 4 is 5.97 Å². The molecule has 1 heterocycles. The number of carbonyl (C=O) groups is 1. The molecular weight excluding hydrogens is 274 g/mol. The number of hydrogen-bond acceptors (Lipinski definition) is 3. The Morgan fingerprint density at radius 1 is 1.27 bits per heavy atom. The molecule has 1 atom stereocenters. The normalized spacial score (nSPS) is 12.8. The fourth-order valence-corrected chi connectivity index (χ4v) is 2.17. The fourth-order valence-electron chi connectivity index (χ4n) is 2.17. The van der Waals surface area contributed by atoms with Gasteiger partial charge in [-0.2, -0.15) is 0 Å². The molecule has 3 nitrogen and oxygen atoms in total. The average Bonchev–Trinajstić information content (AvgIpc) is 2.49. The summed E-state index contributed by atoms with van der Waals surface area (Å²) in [7, 11) is 0. The lowest BCUT2D eigenvalue weighted by atomic mass is 10.1. The van der Waals surface area contributed by atoms with Crippen molar-refractivity contribution in [1.82, 2.24) is 4.98 Å². The van der Waals surface area contributed by atoms with Gasteiger partial charge in [0.1, 0.15) is 6.10 Å². The summed E-state index contributed by atoms with van der Waals surface area (Å²) in [5.41, 5.74) is 1.32. The first kappa shape index (κ1) is 18.1. The van der Waals surface area contributed by atoms with Crippen molar-refractivity contribution in [2.24, 2.45) is 0 Å². The van der Waals surface area contributed by atoms with E-state index in [0.717, 1.165) is 19.3 Å². The number of carbonyl (C=O) groups excluding carboxylic acids is 1. The highest BCUT2D eigenvalue weighted by molar-refractivity contribution is 5.66. The Labute approximate surface area is 134 Å². The fraction of sp³-hybridized carbons (Fsp3) is 0.474. The maximum Gasteiger partial charge on any atom is 0.302 e. The van der Waals surface area contributed by atoms with Gasteiger partial charge in [0.2, 0.25) is 0 Å². The van der Waals surface area contributed by atoms with Gasteiger partial charge in [0.25, 0.3) is 0 Å². The Hall–Kier alpha value is -1.90. The quantitative estimate of drug-likeness (QED) is 0.359. The van der Waals surface area contributed by atoms with Gasteiger partial charge in [-0.3, -0.25) is 9.78 Å². The molecule has 1 aromatic heterocycles.